The van der Waals surface area contributed by atoms with E-state index in [2.05, 4.69) is 0 Å². The summed E-state index contributed by atoms with van der Waals surface area (Å²) in [7, 11) is 0. The lowest BCUT2D eigenvalue weighted by atomic mass is 10.0. The van der Waals surface area contributed by atoms with Crippen LogP contribution in [0.3, 0.4) is 0 Å². The second kappa shape index (κ2) is 5.59. The molecule has 3 aromatic rings. The molecule has 2 aliphatic rings. The van der Waals surface area contributed by atoms with Crippen LogP contribution in [-0.2, 0) is 17.1 Å². The highest BCUT2D eigenvalue weighted by Crippen LogP contribution is 2.43. The highest BCUT2D eigenvalue weighted by atomic mass is 19.4. The maximum atomic E-state index is 14.8. The molecule has 9 heteroatoms. The Hall–Kier alpha value is -3.36. The van der Waals surface area contributed by atoms with E-state index in [1.54, 1.807) is 30.3 Å². The molecule has 146 valence electrons. The van der Waals surface area contributed by atoms with Crippen molar-refractivity contribution < 1.29 is 35.9 Å². The van der Waals surface area contributed by atoms with Crippen molar-refractivity contribution in [1.29, 1.82) is 0 Å². The summed E-state index contributed by atoms with van der Waals surface area (Å²) in [6.07, 6.45) is -2.21. The summed E-state index contributed by atoms with van der Waals surface area (Å²) < 4.78 is 72.4. The Morgan fingerprint density at radius 2 is 1.69 bits per heavy atom. The Labute approximate surface area is 161 Å². The zero-order valence-corrected chi connectivity index (χ0v) is 14.6. The number of rotatable bonds is 0. The highest BCUT2D eigenvalue weighted by molar-refractivity contribution is 5.83. The van der Waals surface area contributed by atoms with Crippen LogP contribution in [0, 0.1) is 11.6 Å². The number of nitrogens with zero attached hydrogens (tertiary/aromatic N) is 3. The molecular formula is C20H12F5N3O+2. The molecule has 0 aliphatic carbocycles. The molecule has 1 atom stereocenters. The van der Waals surface area contributed by atoms with Crippen LogP contribution in [0.15, 0.2) is 60.9 Å². The van der Waals surface area contributed by atoms with Crippen LogP contribution < -0.4 is 9.13 Å². The predicted octanol–water partition coefficient (Wildman–Crippen LogP) is 2.63. The Morgan fingerprint density at radius 3 is 2.41 bits per heavy atom. The molecule has 0 radical (unpaired) electrons. The summed E-state index contributed by atoms with van der Waals surface area (Å²) in [5.41, 5.74) is 0.513. The van der Waals surface area contributed by atoms with Crippen LogP contribution in [-0.4, -0.2) is 17.0 Å². The number of alkyl halides is 3. The number of benzene rings is 1. The first kappa shape index (κ1) is 17.7. The van der Waals surface area contributed by atoms with Crippen LogP contribution >= 0.6 is 0 Å². The third-order valence-electron chi connectivity index (χ3n) is 5.33. The second-order valence-electron chi connectivity index (χ2n) is 6.85. The van der Waals surface area contributed by atoms with E-state index in [0.717, 1.165) is 6.07 Å². The van der Waals surface area contributed by atoms with E-state index in [1.807, 2.05) is 0 Å². The minimum Gasteiger partial charge on any atom is -0.264 e. The van der Waals surface area contributed by atoms with Gasteiger partial charge in [0.1, 0.15) is 29.3 Å². The molecule has 4 nitrogen and oxygen atoms in total. The molecule has 1 amide bonds. The number of hydrogen-bond donors (Lipinski definition) is 0. The molecule has 1 spiro atoms. The largest absolute Gasteiger partial charge is 0.481 e. The van der Waals surface area contributed by atoms with E-state index < -0.39 is 29.5 Å². The lowest BCUT2D eigenvalue weighted by Gasteiger charge is -2.25. The first-order valence-electron chi connectivity index (χ1n) is 8.66. The summed E-state index contributed by atoms with van der Waals surface area (Å²) in [4.78, 5) is 13.1. The van der Waals surface area contributed by atoms with Gasteiger partial charge < -0.3 is 0 Å². The standard InChI is InChI=1S/C20H12F5N3O/c21-12-9-14-17(15(22)10-12)16-6-2-4-8-27(16)20(14)26-7-3-1-5-13(26)11-28(20)18(29)19(23,24)25/h1-10H,11H2/q+2. The van der Waals surface area contributed by atoms with Crippen LogP contribution in [0.4, 0.5) is 22.0 Å². The number of fused-ring (bicyclic) bond motifs is 7. The minimum absolute atomic E-state index is 0.0452. The molecule has 0 N–H and O–H groups in total. The molecule has 0 saturated carbocycles. The van der Waals surface area contributed by atoms with E-state index in [1.165, 1.54) is 27.6 Å². The van der Waals surface area contributed by atoms with E-state index in [0.29, 0.717) is 16.7 Å². The second-order valence-corrected chi connectivity index (χ2v) is 6.85. The zero-order chi connectivity index (χ0) is 20.6. The number of pyridine rings is 2. The average Bonchev–Trinajstić information content (AvgIpc) is 3.16. The van der Waals surface area contributed by atoms with Crippen molar-refractivity contribution in [3.05, 3.63) is 83.8 Å². The number of halogens is 5. The van der Waals surface area contributed by atoms with Crippen molar-refractivity contribution in [3.63, 3.8) is 0 Å². The Bertz CT molecular complexity index is 1190. The van der Waals surface area contributed by atoms with Gasteiger partial charge >= 0.3 is 17.9 Å². The molecule has 29 heavy (non-hydrogen) atoms. The van der Waals surface area contributed by atoms with Gasteiger partial charge in [-0.25, -0.2) is 8.78 Å². The van der Waals surface area contributed by atoms with Crippen LogP contribution in [0.1, 0.15) is 11.3 Å². The molecule has 2 aliphatic heterocycles. The smallest absolute Gasteiger partial charge is 0.264 e. The van der Waals surface area contributed by atoms with Crippen molar-refractivity contribution in [1.82, 2.24) is 4.90 Å². The van der Waals surface area contributed by atoms with Crippen molar-refractivity contribution in [3.8, 4) is 11.3 Å². The first-order chi connectivity index (χ1) is 13.8. The molecule has 4 heterocycles. The van der Waals surface area contributed by atoms with Gasteiger partial charge in [-0.1, -0.05) is 6.07 Å². The van der Waals surface area contributed by atoms with E-state index in [9.17, 15) is 26.7 Å². The average molecular weight is 405 g/mol. The molecule has 1 aromatic carbocycles. The molecule has 1 unspecified atom stereocenters. The third kappa shape index (κ3) is 2.15. The number of amides is 1. The summed E-state index contributed by atoms with van der Waals surface area (Å²) in [5.74, 6) is -5.88. The third-order valence-corrected chi connectivity index (χ3v) is 5.33. The molecular weight excluding hydrogens is 393 g/mol. The van der Waals surface area contributed by atoms with E-state index >= 15 is 0 Å². The minimum atomic E-state index is -5.17. The van der Waals surface area contributed by atoms with Gasteiger partial charge in [0.05, 0.1) is 0 Å². The van der Waals surface area contributed by atoms with Crippen molar-refractivity contribution >= 4 is 5.91 Å². The van der Waals surface area contributed by atoms with Gasteiger partial charge in [0, 0.05) is 30.3 Å². The molecule has 0 saturated heterocycles. The maximum Gasteiger partial charge on any atom is 0.481 e. The summed E-state index contributed by atoms with van der Waals surface area (Å²) >= 11 is 0. The summed E-state index contributed by atoms with van der Waals surface area (Å²) in [6, 6.07) is 11.1. The molecule has 0 fully saturated rings. The fourth-order valence-corrected chi connectivity index (χ4v) is 4.35. The number of hydrogen-bond acceptors (Lipinski definition) is 1. The monoisotopic (exact) mass is 405 g/mol. The number of carbonyl (C=O) groups is 1. The van der Waals surface area contributed by atoms with Crippen molar-refractivity contribution in [2.24, 2.45) is 0 Å². The van der Waals surface area contributed by atoms with Gasteiger partial charge in [-0.15, -0.1) is 9.13 Å². The lowest BCUT2D eigenvalue weighted by Crippen LogP contribution is -2.77. The Balaban J connectivity index is 1.95. The topological polar surface area (TPSA) is 28.1 Å². The molecule has 2 aromatic heterocycles. The van der Waals surface area contributed by atoms with Gasteiger partial charge in [-0.05, 0) is 12.1 Å². The van der Waals surface area contributed by atoms with Crippen LogP contribution in [0.2, 0.25) is 0 Å². The summed E-state index contributed by atoms with van der Waals surface area (Å²) in [6.45, 7) is -0.377. The lowest BCUT2D eigenvalue weighted by molar-refractivity contribution is -0.985. The van der Waals surface area contributed by atoms with Gasteiger partial charge in [-0.2, -0.15) is 18.1 Å². The molecule has 0 bridgehead atoms. The van der Waals surface area contributed by atoms with Crippen LogP contribution in [0.5, 0.6) is 0 Å². The number of aromatic nitrogens is 2. The fourth-order valence-electron chi connectivity index (χ4n) is 4.35. The van der Waals surface area contributed by atoms with Crippen molar-refractivity contribution in [2.75, 3.05) is 0 Å². The Morgan fingerprint density at radius 1 is 1.00 bits per heavy atom. The predicted molar refractivity (Wildman–Crippen MR) is 87.7 cm³/mol. The van der Waals surface area contributed by atoms with E-state index in [-0.39, 0.29) is 23.4 Å². The maximum absolute atomic E-state index is 14.8. The fraction of sp³-hybridized carbons (Fsp3) is 0.150. The highest BCUT2D eigenvalue weighted by Gasteiger charge is 2.73. The van der Waals surface area contributed by atoms with Crippen molar-refractivity contribution in [2.45, 2.75) is 18.5 Å². The number of carbonyl (C=O) groups excluding carboxylic acids is 1. The summed E-state index contributed by atoms with van der Waals surface area (Å²) in [5, 5.41) is 0. The zero-order valence-electron chi connectivity index (χ0n) is 14.6. The van der Waals surface area contributed by atoms with E-state index in [4.69, 9.17) is 0 Å². The molecule has 5 rings (SSSR count). The van der Waals surface area contributed by atoms with Gasteiger partial charge in [0.2, 0.25) is 11.4 Å². The quantitative estimate of drug-likeness (QED) is 0.418. The van der Waals surface area contributed by atoms with Gasteiger partial charge in [-0.3, -0.25) is 4.79 Å². The Kier molecular flexibility index (Phi) is 3.41. The SMILES string of the molecule is O=C(N1Cc2cccc[n+]2C12c1cc(F)cc(F)c1-c1cccc[n+]12)C(F)(F)F. The van der Waals surface area contributed by atoms with Gasteiger partial charge in [0.25, 0.3) is 0 Å². The normalized spacial score (nSPS) is 19.3. The first-order valence-corrected chi connectivity index (χ1v) is 8.66. The van der Waals surface area contributed by atoms with Gasteiger partial charge in [0.15, 0.2) is 12.4 Å². The van der Waals surface area contributed by atoms with Crippen LogP contribution in [0.25, 0.3) is 11.3 Å².